The van der Waals surface area contributed by atoms with Gasteiger partial charge >= 0.3 is 17.6 Å². The van der Waals surface area contributed by atoms with E-state index < -0.39 is 0 Å². The molecule has 0 atom stereocenters. The molecule has 0 saturated heterocycles. The molecule has 2 rings (SSSR count). The van der Waals surface area contributed by atoms with Gasteiger partial charge in [-0.2, -0.15) is 0 Å². The SMILES string of the molecule is [Cl-].[Cl-].[GeH2+2].c1ccc(-c2ccccc2)cc1. The summed E-state index contributed by atoms with van der Waals surface area (Å²) in [5.74, 6) is 0. The second kappa shape index (κ2) is 8.84. The molecule has 0 saturated carbocycles. The minimum absolute atomic E-state index is 0. The van der Waals surface area contributed by atoms with Crippen molar-refractivity contribution in [2.75, 3.05) is 0 Å². The van der Waals surface area contributed by atoms with Gasteiger partial charge in [-0.15, -0.1) is 0 Å². The molecule has 0 nitrogen and oxygen atoms in total. The Bertz CT molecular complexity index is 311. The fourth-order valence-corrected chi connectivity index (χ4v) is 1.26. The number of rotatable bonds is 1. The molecule has 0 aliphatic carbocycles. The second-order valence-corrected chi connectivity index (χ2v) is 2.73. The Hall–Kier alpha value is -0.437. The van der Waals surface area contributed by atoms with Crippen molar-refractivity contribution >= 4 is 17.6 Å². The summed E-state index contributed by atoms with van der Waals surface area (Å²) in [6, 6.07) is 20.8. The maximum Gasteiger partial charge on any atom is -0.0184 e. The van der Waals surface area contributed by atoms with Gasteiger partial charge in [0.05, 0.1) is 0 Å². The standard InChI is InChI=1S/C12H10.2ClH.GeH2/c1-3-7-11(8-4-1)12-9-5-2-6-10-12;;;/h1-10H;2*1H;1H2/q;;;+2/p-2. The first-order valence-corrected chi connectivity index (χ1v) is 4.07. The maximum absolute atomic E-state index is 2.12. The van der Waals surface area contributed by atoms with Crippen LogP contribution < -0.4 is 24.8 Å². The largest absolute Gasteiger partial charge is 0.0622 e. The van der Waals surface area contributed by atoms with Crippen LogP contribution in [0.3, 0.4) is 0 Å². The Balaban J connectivity index is 0. The van der Waals surface area contributed by atoms with Crippen LogP contribution in [0.15, 0.2) is 60.7 Å². The zero-order valence-electron chi connectivity index (χ0n) is 8.24. The Kier molecular flexibility index (Phi) is 10.0. The molecule has 3 heteroatoms. The average Bonchev–Trinajstić information content (AvgIpc) is 2.21. The molecule has 0 spiro atoms. The van der Waals surface area contributed by atoms with Gasteiger partial charge in [-0.3, -0.25) is 0 Å². The molecule has 0 aliphatic heterocycles. The number of hydrogen-bond acceptors (Lipinski definition) is 0. The quantitative estimate of drug-likeness (QED) is 0.478. The molecule has 0 amide bonds. The molecule has 0 unspecified atom stereocenters. The van der Waals surface area contributed by atoms with Crippen LogP contribution in [0.4, 0.5) is 0 Å². The van der Waals surface area contributed by atoms with Gasteiger partial charge in [0.25, 0.3) is 0 Å². The molecule has 15 heavy (non-hydrogen) atoms. The smallest absolute Gasteiger partial charge is 0.0184 e. The first-order valence-electron chi connectivity index (χ1n) is 4.07. The van der Waals surface area contributed by atoms with Gasteiger partial charge in [-0.25, -0.2) is 0 Å². The zero-order valence-corrected chi connectivity index (χ0v) is 12.7. The number of benzene rings is 2. The number of halogens is 2. The summed E-state index contributed by atoms with van der Waals surface area (Å²) in [5.41, 5.74) is 2.55. The molecule has 78 valence electrons. The molecule has 0 bridgehead atoms. The van der Waals surface area contributed by atoms with Crippen molar-refractivity contribution in [1.82, 2.24) is 0 Å². The van der Waals surface area contributed by atoms with Crippen molar-refractivity contribution in [1.29, 1.82) is 0 Å². The van der Waals surface area contributed by atoms with E-state index in [9.17, 15) is 0 Å². The maximum atomic E-state index is 2.12. The van der Waals surface area contributed by atoms with Crippen molar-refractivity contribution in [2.24, 2.45) is 0 Å². The van der Waals surface area contributed by atoms with Gasteiger partial charge in [0.2, 0.25) is 0 Å². The van der Waals surface area contributed by atoms with Crippen LogP contribution in [-0.2, 0) is 0 Å². The molecule has 0 heterocycles. The molecule has 2 aromatic rings. The van der Waals surface area contributed by atoms with Gasteiger partial charge in [-0.1, -0.05) is 60.7 Å². The number of hydrogen-bond donors (Lipinski definition) is 0. The van der Waals surface area contributed by atoms with E-state index in [1.807, 2.05) is 12.1 Å². The molecule has 0 aromatic heterocycles. The summed E-state index contributed by atoms with van der Waals surface area (Å²) in [5, 5.41) is 0. The Morgan fingerprint density at radius 1 is 0.467 bits per heavy atom. The predicted molar refractivity (Wildman–Crippen MR) is 60.4 cm³/mol. The van der Waals surface area contributed by atoms with E-state index in [4.69, 9.17) is 0 Å². The fourth-order valence-electron chi connectivity index (χ4n) is 1.26. The van der Waals surface area contributed by atoms with E-state index >= 15 is 0 Å². The van der Waals surface area contributed by atoms with E-state index in [0.717, 1.165) is 0 Å². The Morgan fingerprint density at radius 3 is 1.00 bits per heavy atom. The van der Waals surface area contributed by atoms with Gasteiger partial charge in [0.15, 0.2) is 0 Å². The van der Waals surface area contributed by atoms with Crippen LogP contribution in [0.2, 0.25) is 0 Å². The average molecular weight is 300 g/mol. The van der Waals surface area contributed by atoms with E-state index in [-0.39, 0.29) is 42.4 Å². The van der Waals surface area contributed by atoms with Crippen molar-refractivity contribution in [3.8, 4) is 11.1 Å². The van der Waals surface area contributed by atoms with Crippen LogP contribution in [0, 0.1) is 0 Å². The third-order valence-corrected chi connectivity index (χ3v) is 1.88. The topological polar surface area (TPSA) is 0 Å². The van der Waals surface area contributed by atoms with Crippen LogP contribution in [0.5, 0.6) is 0 Å². The van der Waals surface area contributed by atoms with Gasteiger partial charge in [0, 0.05) is 0 Å². The van der Waals surface area contributed by atoms with Crippen molar-refractivity contribution in [3.05, 3.63) is 60.7 Å². The first kappa shape index (κ1) is 17.0. The van der Waals surface area contributed by atoms with Crippen molar-refractivity contribution in [3.63, 3.8) is 0 Å². The van der Waals surface area contributed by atoms with Crippen LogP contribution in [0.1, 0.15) is 0 Å². The van der Waals surface area contributed by atoms with Crippen LogP contribution in [-0.4, -0.2) is 17.6 Å². The third-order valence-electron chi connectivity index (χ3n) is 1.88. The predicted octanol–water partition coefficient (Wildman–Crippen LogP) is -3.55. The van der Waals surface area contributed by atoms with Crippen molar-refractivity contribution in [2.45, 2.75) is 0 Å². The molecule has 0 fully saturated rings. The summed E-state index contributed by atoms with van der Waals surface area (Å²) in [7, 11) is 0. The molecule has 0 N–H and O–H groups in total. The van der Waals surface area contributed by atoms with Gasteiger partial charge in [-0.05, 0) is 11.1 Å². The van der Waals surface area contributed by atoms with E-state index in [0.29, 0.717) is 0 Å². The Labute approximate surface area is 114 Å². The van der Waals surface area contributed by atoms with Gasteiger partial charge < -0.3 is 24.8 Å². The monoisotopic (exact) mass is 300 g/mol. The van der Waals surface area contributed by atoms with Crippen LogP contribution in [0.25, 0.3) is 11.1 Å². The molecule has 0 radical (unpaired) electrons. The van der Waals surface area contributed by atoms with Gasteiger partial charge in [0.1, 0.15) is 0 Å². The first-order chi connectivity index (χ1) is 5.97. The summed E-state index contributed by atoms with van der Waals surface area (Å²) in [4.78, 5) is 0. The summed E-state index contributed by atoms with van der Waals surface area (Å²) < 4.78 is 0. The van der Waals surface area contributed by atoms with E-state index in [2.05, 4.69) is 48.5 Å². The fraction of sp³-hybridized carbons (Fsp3) is 0. The summed E-state index contributed by atoms with van der Waals surface area (Å²) >= 11 is 0. The van der Waals surface area contributed by atoms with E-state index in [1.54, 1.807) is 0 Å². The normalized spacial score (nSPS) is 7.73. The van der Waals surface area contributed by atoms with E-state index in [1.165, 1.54) is 11.1 Å². The molecular formula is C12H12Cl2Ge. The molecule has 2 aromatic carbocycles. The van der Waals surface area contributed by atoms with Crippen LogP contribution >= 0.6 is 0 Å². The molecule has 0 aliphatic rings. The second-order valence-electron chi connectivity index (χ2n) is 2.73. The summed E-state index contributed by atoms with van der Waals surface area (Å²) in [6.45, 7) is 0. The zero-order chi connectivity index (χ0) is 8.23. The summed E-state index contributed by atoms with van der Waals surface area (Å²) in [6.07, 6.45) is 0. The minimum atomic E-state index is 0. The van der Waals surface area contributed by atoms with Crippen molar-refractivity contribution < 1.29 is 24.8 Å². The minimum Gasteiger partial charge on any atom is -0.0622 e. The Morgan fingerprint density at radius 2 is 0.733 bits per heavy atom. The molecular weight excluding hydrogens is 288 g/mol. The third kappa shape index (κ3) is 4.74.